The third-order valence-electron chi connectivity index (χ3n) is 3.70. The summed E-state index contributed by atoms with van der Waals surface area (Å²) in [7, 11) is 1.74. The number of aromatic nitrogens is 2. The summed E-state index contributed by atoms with van der Waals surface area (Å²) < 4.78 is 5.41. The molecule has 1 saturated heterocycles. The lowest BCUT2D eigenvalue weighted by Crippen LogP contribution is -2.51. The number of amides is 2. The van der Waals surface area contributed by atoms with E-state index in [-0.39, 0.29) is 18.0 Å². The molecular weight excluding hydrogens is 296 g/mol. The second-order valence-electron chi connectivity index (χ2n) is 6.73. The van der Waals surface area contributed by atoms with E-state index in [0.717, 1.165) is 12.8 Å². The normalized spacial score (nSPS) is 18.4. The fourth-order valence-corrected chi connectivity index (χ4v) is 2.52. The predicted molar refractivity (Wildman–Crippen MR) is 85.0 cm³/mol. The average molecular weight is 320 g/mol. The SMILES string of the molecule is CN(C(=O)c1cnccn1)[C@H]1CCCN(C(=O)OC(C)(C)C)C1. The van der Waals surface area contributed by atoms with Crippen LogP contribution in [0.5, 0.6) is 0 Å². The van der Waals surface area contributed by atoms with Gasteiger partial charge in [-0.25, -0.2) is 9.78 Å². The molecule has 2 heterocycles. The largest absolute Gasteiger partial charge is 0.444 e. The van der Waals surface area contributed by atoms with Crippen LogP contribution in [0.2, 0.25) is 0 Å². The summed E-state index contributed by atoms with van der Waals surface area (Å²) in [5, 5.41) is 0. The van der Waals surface area contributed by atoms with Crippen LogP contribution in [0.1, 0.15) is 44.1 Å². The Morgan fingerprint density at radius 1 is 1.35 bits per heavy atom. The summed E-state index contributed by atoms with van der Waals surface area (Å²) in [5.74, 6) is -0.186. The lowest BCUT2D eigenvalue weighted by molar-refractivity contribution is 0.0122. The summed E-state index contributed by atoms with van der Waals surface area (Å²) in [4.78, 5) is 35.9. The van der Waals surface area contributed by atoms with E-state index >= 15 is 0 Å². The topological polar surface area (TPSA) is 75.6 Å². The minimum absolute atomic E-state index is 0.0502. The molecular formula is C16H24N4O3. The molecule has 2 amide bonds. The number of carbonyl (C=O) groups excluding carboxylic acids is 2. The Hall–Kier alpha value is -2.18. The third-order valence-corrected chi connectivity index (χ3v) is 3.70. The number of rotatable bonds is 2. The van der Waals surface area contributed by atoms with Crippen molar-refractivity contribution in [2.24, 2.45) is 0 Å². The molecule has 0 saturated carbocycles. The molecule has 1 atom stereocenters. The van der Waals surface area contributed by atoms with Crippen LogP contribution in [0.25, 0.3) is 0 Å². The molecule has 0 spiro atoms. The molecule has 0 aliphatic carbocycles. The molecule has 7 nitrogen and oxygen atoms in total. The van der Waals surface area contributed by atoms with Gasteiger partial charge in [-0.2, -0.15) is 0 Å². The van der Waals surface area contributed by atoms with Crippen LogP contribution in [0.15, 0.2) is 18.6 Å². The van der Waals surface area contributed by atoms with Gasteiger partial charge in [0.15, 0.2) is 0 Å². The highest BCUT2D eigenvalue weighted by Gasteiger charge is 2.31. The highest BCUT2D eigenvalue weighted by Crippen LogP contribution is 2.19. The van der Waals surface area contributed by atoms with Gasteiger partial charge in [-0.1, -0.05) is 0 Å². The number of nitrogens with zero attached hydrogens (tertiary/aromatic N) is 4. The number of ether oxygens (including phenoxy) is 1. The summed E-state index contributed by atoms with van der Waals surface area (Å²) in [6, 6.07) is -0.0502. The molecule has 1 aliphatic rings. The zero-order chi connectivity index (χ0) is 17.0. The minimum Gasteiger partial charge on any atom is -0.444 e. The molecule has 23 heavy (non-hydrogen) atoms. The molecule has 0 aromatic carbocycles. The maximum Gasteiger partial charge on any atom is 0.410 e. The molecule has 126 valence electrons. The van der Waals surface area contributed by atoms with Crippen LogP contribution in [0, 0.1) is 0 Å². The number of likely N-dealkylation sites (N-methyl/N-ethyl adjacent to an activating group) is 1. The summed E-state index contributed by atoms with van der Waals surface area (Å²) in [6.45, 7) is 6.65. The van der Waals surface area contributed by atoms with Crippen LogP contribution in [0.3, 0.4) is 0 Å². The fourth-order valence-electron chi connectivity index (χ4n) is 2.52. The lowest BCUT2D eigenvalue weighted by Gasteiger charge is -2.38. The van der Waals surface area contributed by atoms with Crippen molar-refractivity contribution in [3.63, 3.8) is 0 Å². The van der Waals surface area contributed by atoms with E-state index in [2.05, 4.69) is 9.97 Å². The zero-order valence-electron chi connectivity index (χ0n) is 14.2. The molecule has 0 N–H and O–H groups in total. The number of hydrogen-bond donors (Lipinski definition) is 0. The minimum atomic E-state index is -0.522. The van der Waals surface area contributed by atoms with Crippen molar-refractivity contribution in [2.45, 2.75) is 45.3 Å². The first-order valence-electron chi connectivity index (χ1n) is 7.79. The first-order chi connectivity index (χ1) is 10.8. The molecule has 1 aliphatic heterocycles. The van der Waals surface area contributed by atoms with Crippen molar-refractivity contribution in [2.75, 3.05) is 20.1 Å². The molecule has 1 aromatic heterocycles. The van der Waals surface area contributed by atoms with Gasteiger partial charge in [-0.15, -0.1) is 0 Å². The van der Waals surface area contributed by atoms with Crippen molar-refractivity contribution in [1.82, 2.24) is 19.8 Å². The molecule has 7 heteroatoms. The third kappa shape index (κ3) is 4.64. The van der Waals surface area contributed by atoms with Gasteiger partial charge >= 0.3 is 6.09 Å². The van der Waals surface area contributed by atoms with Crippen molar-refractivity contribution < 1.29 is 14.3 Å². The molecule has 2 rings (SSSR count). The van der Waals surface area contributed by atoms with E-state index in [4.69, 9.17) is 4.74 Å². The second kappa shape index (κ2) is 6.93. The van der Waals surface area contributed by atoms with Gasteiger partial charge in [0.2, 0.25) is 0 Å². The summed E-state index contributed by atoms with van der Waals surface area (Å²) >= 11 is 0. The van der Waals surface area contributed by atoms with Gasteiger partial charge in [0.1, 0.15) is 11.3 Å². The first-order valence-corrected chi connectivity index (χ1v) is 7.79. The highest BCUT2D eigenvalue weighted by molar-refractivity contribution is 5.92. The van der Waals surface area contributed by atoms with E-state index in [0.29, 0.717) is 18.8 Å². The average Bonchev–Trinajstić information content (AvgIpc) is 2.53. The van der Waals surface area contributed by atoms with E-state index in [1.165, 1.54) is 18.6 Å². The van der Waals surface area contributed by atoms with Gasteiger partial charge in [0.25, 0.3) is 5.91 Å². The van der Waals surface area contributed by atoms with Crippen LogP contribution < -0.4 is 0 Å². The van der Waals surface area contributed by atoms with Crippen LogP contribution in [-0.2, 0) is 4.74 Å². The van der Waals surface area contributed by atoms with Crippen molar-refractivity contribution in [3.8, 4) is 0 Å². The lowest BCUT2D eigenvalue weighted by atomic mass is 10.0. The summed E-state index contributed by atoms with van der Waals surface area (Å²) in [6.07, 6.45) is 5.83. The number of piperidine rings is 1. The maximum absolute atomic E-state index is 12.4. The van der Waals surface area contributed by atoms with Crippen LogP contribution in [0.4, 0.5) is 4.79 Å². The van der Waals surface area contributed by atoms with E-state index in [1.807, 2.05) is 20.8 Å². The quantitative estimate of drug-likeness (QED) is 0.832. The monoisotopic (exact) mass is 320 g/mol. The number of carbonyl (C=O) groups is 2. The Kier molecular flexibility index (Phi) is 5.18. The van der Waals surface area contributed by atoms with Crippen LogP contribution >= 0.6 is 0 Å². The van der Waals surface area contributed by atoms with Crippen molar-refractivity contribution in [1.29, 1.82) is 0 Å². The van der Waals surface area contributed by atoms with Gasteiger partial charge in [0, 0.05) is 38.6 Å². The Labute approximate surface area is 136 Å². The Morgan fingerprint density at radius 3 is 2.70 bits per heavy atom. The maximum atomic E-state index is 12.4. The molecule has 0 bridgehead atoms. The van der Waals surface area contributed by atoms with Crippen molar-refractivity contribution >= 4 is 12.0 Å². The standard InChI is InChI=1S/C16H24N4O3/c1-16(2,3)23-15(22)20-9-5-6-12(11-20)19(4)14(21)13-10-17-7-8-18-13/h7-8,10,12H,5-6,9,11H2,1-4H3/t12-/m0/s1. The number of likely N-dealkylation sites (tertiary alicyclic amines) is 1. The zero-order valence-corrected chi connectivity index (χ0v) is 14.2. The molecule has 1 fully saturated rings. The molecule has 1 aromatic rings. The highest BCUT2D eigenvalue weighted by atomic mass is 16.6. The second-order valence-corrected chi connectivity index (χ2v) is 6.73. The van der Waals surface area contributed by atoms with E-state index in [9.17, 15) is 9.59 Å². The van der Waals surface area contributed by atoms with Crippen molar-refractivity contribution in [3.05, 3.63) is 24.3 Å². The van der Waals surface area contributed by atoms with Gasteiger partial charge in [-0.3, -0.25) is 9.78 Å². The van der Waals surface area contributed by atoms with E-state index in [1.54, 1.807) is 16.8 Å². The van der Waals surface area contributed by atoms with Gasteiger partial charge < -0.3 is 14.5 Å². The Bertz CT molecular complexity index is 556. The predicted octanol–water partition coefficient (Wildman–Crippen LogP) is 1.95. The van der Waals surface area contributed by atoms with Gasteiger partial charge in [-0.05, 0) is 33.6 Å². The molecule has 0 radical (unpaired) electrons. The van der Waals surface area contributed by atoms with Gasteiger partial charge in [0.05, 0.1) is 6.20 Å². The fraction of sp³-hybridized carbons (Fsp3) is 0.625. The number of hydrogen-bond acceptors (Lipinski definition) is 5. The Morgan fingerprint density at radius 2 is 2.09 bits per heavy atom. The Balaban J connectivity index is 2.00. The first kappa shape index (κ1) is 17.2. The van der Waals surface area contributed by atoms with Crippen LogP contribution in [-0.4, -0.2) is 63.5 Å². The summed E-state index contributed by atoms with van der Waals surface area (Å²) in [5.41, 5.74) is -0.213. The molecule has 0 unspecified atom stereocenters. The van der Waals surface area contributed by atoms with E-state index < -0.39 is 5.60 Å². The smallest absolute Gasteiger partial charge is 0.410 e.